The average Bonchev–Trinajstić information content (AvgIpc) is 3.10. The minimum Gasteiger partial charge on any atom is -0.254 e. The molecule has 0 saturated heterocycles. The van der Waals surface area contributed by atoms with Crippen molar-refractivity contribution in [1.82, 2.24) is 0 Å². The summed E-state index contributed by atoms with van der Waals surface area (Å²) in [4.78, 5) is 0.302. The molecule has 0 aromatic heterocycles. The Kier molecular flexibility index (Phi) is 4.44. The molecule has 0 fully saturated rings. The van der Waals surface area contributed by atoms with E-state index in [1.54, 1.807) is 16.4 Å². The van der Waals surface area contributed by atoms with Gasteiger partial charge in [-0.1, -0.05) is 90.5 Å². The van der Waals surface area contributed by atoms with Gasteiger partial charge in [0.1, 0.15) is 0 Å². The molecule has 30 heavy (non-hydrogen) atoms. The van der Waals surface area contributed by atoms with Crippen molar-refractivity contribution >= 4 is 32.6 Å². The van der Waals surface area contributed by atoms with Gasteiger partial charge in [-0.3, -0.25) is 4.31 Å². The molecule has 1 heterocycles. The van der Waals surface area contributed by atoms with Crippen molar-refractivity contribution in [3.63, 3.8) is 0 Å². The number of hydrogen-bond acceptors (Lipinski definition) is 2. The van der Waals surface area contributed by atoms with Crippen molar-refractivity contribution in [2.24, 2.45) is 0 Å². The van der Waals surface area contributed by atoms with Crippen LogP contribution in [0.4, 0.5) is 5.69 Å². The van der Waals surface area contributed by atoms with Gasteiger partial charge in [0.15, 0.2) is 0 Å². The molecule has 1 aliphatic heterocycles. The Bertz CT molecular complexity index is 1350. The van der Waals surface area contributed by atoms with Crippen LogP contribution in [0, 0.1) is 6.92 Å². The Labute approximate surface area is 177 Å². The number of benzene rings is 4. The van der Waals surface area contributed by atoms with Gasteiger partial charge in [0, 0.05) is 5.39 Å². The van der Waals surface area contributed by atoms with Crippen LogP contribution in [0.3, 0.4) is 0 Å². The van der Waals surface area contributed by atoms with E-state index in [4.69, 9.17) is 0 Å². The van der Waals surface area contributed by atoms with Gasteiger partial charge in [-0.25, -0.2) is 8.42 Å². The van der Waals surface area contributed by atoms with E-state index in [-0.39, 0.29) is 0 Å². The van der Waals surface area contributed by atoms with Crippen molar-refractivity contribution in [3.05, 3.63) is 114 Å². The molecule has 0 aliphatic carbocycles. The molecule has 148 valence electrons. The molecule has 5 rings (SSSR count). The lowest BCUT2D eigenvalue weighted by Gasteiger charge is -2.26. The van der Waals surface area contributed by atoms with E-state index in [0.29, 0.717) is 4.90 Å². The third-order valence-electron chi connectivity index (χ3n) is 5.57. The monoisotopic (exact) mass is 411 g/mol. The zero-order valence-corrected chi connectivity index (χ0v) is 17.4. The predicted octanol–water partition coefficient (Wildman–Crippen LogP) is 6.11. The average molecular weight is 412 g/mol. The zero-order chi connectivity index (χ0) is 20.7. The second-order valence-electron chi connectivity index (χ2n) is 7.55. The predicted molar refractivity (Wildman–Crippen MR) is 123 cm³/mol. The number of hydrogen-bond donors (Lipinski definition) is 0. The van der Waals surface area contributed by atoms with Crippen LogP contribution in [-0.2, 0) is 10.0 Å². The molecule has 0 saturated carbocycles. The first kappa shape index (κ1) is 18.6. The van der Waals surface area contributed by atoms with Gasteiger partial charge in [0.25, 0.3) is 10.0 Å². The molecule has 1 atom stereocenters. The fourth-order valence-electron chi connectivity index (χ4n) is 4.11. The number of aryl methyl sites for hydroxylation is 1. The van der Waals surface area contributed by atoms with Crippen molar-refractivity contribution in [2.75, 3.05) is 4.31 Å². The van der Waals surface area contributed by atoms with Gasteiger partial charge >= 0.3 is 0 Å². The summed E-state index contributed by atoms with van der Waals surface area (Å²) < 4.78 is 29.1. The molecule has 0 N–H and O–H groups in total. The summed E-state index contributed by atoms with van der Waals surface area (Å²) in [6.07, 6.45) is 3.98. The first-order valence-corrected chi connectivity index (χ1v) is 11.4. The molecule has 4 aromatic carbocycles. The SMILES string of the molecule is Cc1ccc(S(=O)(=O)N2c3cccc4cccc(c34)[C@@H]2/C=C/c2ccccc2)cc1. The quantitative estimate of drug-likeness (QED) is 0.406. The molecule has 4 heteroatoms. The Morgan fingerprint density at radius 1 is 0.800 bits per heavy atom. The summed E-state index contributed by atoms with van der Waals surface area (Å²) in [6, 6.07) is 28.5. The lowest BCUT2D eigenvalue weighted by Crippen LogP contribution is -2.31. The minimum absolute atomic E-state index is 0.302. The summed E-state index contributed by atoms with van der Waals surface area (Å²) in [7, 11) is -3.74. The van der Waals surface area contributed by atoms with E-state index in [1.807, 2.05) is 97.9 Å². The molecule has 0 unspecified atom stereocenters. The summed E-state index contributed by atoms with van der Waals surface area (Å²) in [6.45, 7) is 1.95. The molecular weight excluding hydrogens is 390 g/mol. The minimum atomic E-state index is -3.74. The van der Waals surface area contributed by atoms with E-state index < -0.39 is 16.1 Å². The molecule has 0 radical (unpaired) electrons. The van der Waals surface area contributed by atoms with Gasteiger partial charge < -0.3 is 0 Å². The van der Waals surface area contributed by atoms with Crippen molar-refractivity contribution in [1.29, 1.82) is 0 Å². The van der Waals surface area contributed by atoms with Gasteiger partial charge in [-0.05, 0) is 41.6 Å². The van der Waals surface area contributed by atoms with Gasteiger partial charge in [-0.15, -0.1) is 0 Å². The van der Waals surface area contributed by atoms with E-state index >= 15 is 0 Å². The van der Waals surface area contributed by atoms with E-state index in [9.17, 15) is 8.42 Å². The van der Waals surface area contributed by atoms with Crippen LogP contribution in [0.5, 0.6) is 0 Å². The standard InChI is InChI=1S/C26H21NO2S/c1-19-13-16-22(17-14-19)30(28,29)27-24(18-15-20-7-3-2-4-8-20)23-11-5-9-21-10-6-12-25(27)26(21)23/h2-18,24H,1H3/b18-15+/t24-/m0/s1. The summed E-state index contributed by atoms with van der Waals surface area (Å²) >= 11 is 0. The third-order valence-corrected chi connectivity index (χ3v) is 7.38. The highest BCUT2D eigenvalue weighted by Crippen LogP contribution is 2.47. The lowest BCUT2D eigenvalue weighted by molar-refractivity contribution is 0.588. The Morgan fingerprint density at radius 3 is 2.23 bits per heavy atom. The maximum Gasteiger partial charge on any atom is 0.265 e. The van der Waals surface area contributed by atoms with Crippen LogP contribution in [0.15, 0.2) is 102 Å². The highest BCUT2D eigenvalue weighted by atomic mass is 32.2. The molecule has 1 aliphatic rings. The highest BCUT2D eigenvalue weighted by molar-refractivity contribution is 7.93. The number of anilines is 1. The molecule has 0 bridgehead atoms. The maximum atomic E-state index is 13.8. The molecule has 4 aromatic rings. The Hall–Kier alpha value is -3.37. The number of sulfonamides is 1. The molecule has 0 amide bonds. The van der Waals surface area contributed by atoms with Crippen molar-refractivity contribution < 1.29 is 8.42 Å². The molecular formula is C26H21NO2S. The first-order chi connectivity index (χ1) is 14.6. The number of rotatable bonds is 4. The summed E-state index contributed by atoms with van der Waals surface area (Å²) in [5.74, 6) is 0. The largest absolute Gasteiger partial charge is 0.265 e. The topological polar surface area (TPSA) is 37.4 Å². The van der Waals surface area contributed by atoms with Gasteiger partial charge in [-0.2, -0.15) is 0 Å². The Balaban J connectivity index is 1.70. The Morgan fingerprint density at radius 2 is 1.50 bits per heavy atom. The summed E-state index contributed by atoms with van der Waals surface area (Å²) in [5.41, 5.74) is 3.80. The van der Waals surface area contributed by atoms with E-state index in [0.717, 1.165) is 33.2 Å². The van der Waals surface area contributed by atoms with Crippen LogP contribution < -0.4 is 4.31 Å². The van der Waals surface area contributed by atoms with Crippen LogP contribution in [0.1, 0.15) is 22.7 Å². The van der Waals surface area contributed by atoms with E-state index in [1.165, 1.54) is 0 Å². The lowest BCUT2D eigenvalue weighted by atomic mass is 10.0. The molecule has 0 spiro atoms. The van der Waals surface area contributed by atoms with Crippen molar-refractivity contribution in [3.8, 4) is 0 Å². The smallest absolute Gasteiger partial charge is 0.254 e. The van der Waals surface area contributed by atoms with Gasteiger partial charge in [0.05, 0.1) is 16.6 Å². The number of nitrogens with zero attached hydrogens (tertiary/aromatic N) is 1. The van der Waals surface area contributed by atoms with Crippen molar-refractivity contribution in [2.45, 2.75) is 17.9 Å². The van der Waals surface area contributed by atoms with Crippen LogP contribution in [0.2, 0.25) is 0 Å². The first-order valence-electron chi connectivity index (χ1n) is 9.92. The van der Waals surface area contributed by atoms with E-state index in [2.05, 4.69) is 0 Å². The fourth-order valence-corrected chi connectivity index (χ4v) is 5.71. The van der Waals surface area contributed by atoms with Gasteiger partial charge in [0.2, 0.25) is 0 Å². The normalized spacial score (nSPS) is 15.9. The van der Waals surface area contributed by atoms with Crippen LogP contribution >= 0.6 is 0 Å². The highest BCUT2D eigenvalue weighted by Gasteiger charge is 2.38. The fraction of sp³-hybridized carbons (Fsp3) is 0.0769. The second-order valence-corrected chi connectivity index (χ2v) is 9.37. The van der Waals surface area contributed by atoms with Crippen LogP contribution in [0.25, 0.3) is 16.8 Å². The van der Waals surface area contributed by atoms with Crippen LogP contribution in [-0.4, -0.2) is 8.42 Å². The summed E-state index contributed by atoms with van der Waals surface area (Å²) in [5, 5.41) is 2.04. The second kappa shape index (κ2) is 7.15. The zero-order valence-electron chi connectivity index (χ0n) is 16.6. The third kappa shape index (κ3) is 3.01. The molecule has 3 nitrogen and oxygen atoms in total. The maximum absolute atomic E-state index is 13.8.